The topological polar surface area (TPSA) is 46.3 Å². The third kappa shape index (κ3) is 6.01. The minimum Gasteiger partial charge on any atom is -0.392 e. The van der Waals surface area contributed by atoms with Gasteiger partial charge in [0.1, 0.15) is 0 Å². The maximum absolute atomic E-state index is 12.2. The Morgan fingerprint density at radius 1 is 1.29 bits per heavy atom. The van der Waals surface area contributed by atoms with Crippen molar-refractivity contribution >= 4 is 23.1 Å². The van der Waals surface area contributed by atoms with Gasteiger partial charge in [0.05, 0.1) is 11.5 Å². The van der Waals surface area contributed by atoms with Crippen molar-refractivity contribution in [1.82, 2.24) is 4.90 Å². The Balaban J connectivity index is 4.59. The summed E-state index contributed by atoms with van der Waals surface area (Å²) in [5.74, 6) is 0.470. The molecule has 2 N–H and O–H groups in total. The Hall–Kier alpha value is -0.640. The van der Waals surface area contributed by atoms with Crippen molar-refractivity contribution in [2.45, 2.75) is 54.0 Å². The second-order valence-corrected chi connectivity index (χ2v) is 6.58. The van der Waals surface area contributed by atoms with Crippen LogP contribution in [0.15, 0.2) is 0 Å². The Morgan fingerprint density at radius 2 is 1.76 bits per heavy atom. The largest absolute Gasteiger partial charge is 0.392 e. The Labute approximate surface area is 111 Å². The predicted octanol–water partition coefficient (Wildman–Crippen LogP) is 2.58. The third-order valence-corrected chi connectivity index (χ3v) is 3.36. The van der Waals surface area contributed by atoms with Gasteiger partial charge < -0.3 is 10.6 Å². The van der Waals surface area contributed by atoms with Crippen LogP contribution in [0.1, 0.15) is 48.0 Å². The van der Waals surface area contributed by atoms with E-state index < -0.39 is 0 Å². The zero-order valence-electron chi connectivity index (χ0n) is 11.9. The van der Waals surface area contributed by atoms with Crippen LogP contribution in [0.2, 0.25) is 0 Å². The van der Waals surface area contributed by atoms with Crippen molar-refractivity contribution in [3.05, 3.63) is 0 Å². The van der Waals surface area contributed by atoms with Crippen LogP contribution in [0.3, 0.4) is 0 Å². The normalized spacial score (nSPS) is 13.6. The van der Waals surface area contributed by atoms with Gasteiger partial charge in [-0.05, 0) is 25.2 Å². The van der Waals surface area contributed by atoms with Gasteiger partial charge in [-0.1, -0.05) is 39.9 Å². The summed E-state index contributed by atoms with van der Waals surface area (Å²) in [6.45, 7) is 12.9. The van der Waals surface area contributed by atoms with E-state index >= 15 is 0 Å². The van der Waals surface area contributed by atoms with Gasteiger partial charge in [0.15, 0.2) is 0 Å². The fourth-order valence-corrected chi connectivity index (χ4v) is 1.55. The second kappa shape index (κ2) is 6.34. The van der Waals surface area contributed by atoms with Crippen LogP contribution in [0.5, 0.6) is 0 Å². The first-order chi connectivity index (χ1) is 7.55. The molecule has 0 aromatic rings. The smallest absolute Gasteiger partial charge is 0.223 e. The summed E-state index contributed by atoms with van der Waals surface area (Å²) in [6.07, 6.45) is 0.546. The SMILES string of the molecule is CC(C)N(CC(N)=S)C(=O)CC(C)C(C)(C)C. The molecule has 0 aromatic heterocycles. The fraction of sp³-hybridized carbons (Fsp3) is 0.846. The quantitative estimate of drug-likeness (QED) is 0.771. The van der Waals surface area contributed by atoms with E-state index in [4.69, 9.17) is 18.0 Å². The molecule has 0 aliphatic rings. The Kier molecular flexibility index (Phi) is 6.10. The average Bonchev–Trinajstić information content (AvgIpc) is 2.11. The highest BCUT2D eigenvalue weighted by Gasteiger charge is 2.26. The van der Waals surface area contributed by atoms with E-state index in [1.165, 1.54) is 0 Å². The molecular weight excluding hydrogens is 232 g/mol. The Bertz CT molecular complexity index is 282. The Morgan fingerprint density at radius 3 is 2.06 bits per heavy atom. The van der Waals surface area contributed by atoms with Crippen LogP contribution < -0.4 is 5.73 Å². The first kappa shape index (κ1) is 16.4. The van der Waals surface area contributed by atoms with Crippen LogP contribution in [-0.2, 0) is 4.79 Å². The molecule has 0 aromatic carbocycles. The number of thiocarbonyl (C=S) groups is 1. The van der Waals surface area contributed by atoms with Gasteiger partial charge in [-0.3, -0.25) is 4.79 Å². The molecule has 4 heteroatoms. The van der Waals surface area contributed by atoms with E-state index in [1.807, 2.05) is 13.8 Å². The van der Waals surface area contributed by atoms with E-state index in [1.54, 1.807) is 4.90 Å². The minimum atomic E-state index is 0.134. The number of carbonyl (C=O) groups is 1. The van der Waals surface area contributed by atoms with Crippen LogP contribution in [-0.4, -0.2) is 28.4 Å². The molecule has 0 aliphatic carbocycles. The molecule has 0 bridgehead atoms. The lowest BCUT2D eigenvalue weighted by Gasteiger charge is -2.31. The molecule has 0 radical (unpaired) electrons. The summed E-state index contributed by atoms with van der Waals surface area (Å²) >= 11 is 4.88. The molecule has 0 aliphatic heterocycles. The van der Waals surface area contributed by atoms with Crippen LogP contribution in [0.4, 0.5) is 0 Å². The minimum absolute atomic E-state index is 0.134. The van der Waals surface area contributed by atoms with Gasteiger partial charge in [0.2, 0.25) is 5.91 Å². The van der Waals surface area contributed by atoms with Crippen molar-refractivity contribution in [2.75, 3.05) is 6.54 Å². The highest BCUT2D eigenvalue weighted by molar-refractivity contribution is 7.80. The molecule has 0 spiro atoms. The molecule has 3 nitrogen and oxygen atoms in total. The molecule has 0 rings (SSSR count). The van der Waals surface area contributed by atoms with E-state index in [9.17, 15) is 4.79 Å². The second-order valence-electron chi connectivity index (χ2n) is 6.05. The van der Waals surface area contributed by atoms with Crippen LogP contribution >= 0.6 is 12.2 Å². The van der Waals surface area contributed by atoms with Crippen molar-refractivity contribution in [3.63, 3.8) is 0 Å². The summed E-state index contributed by atoms with van der Waals surface area (Å²) in [4.78, 5) is 14.3. The molecule has 0 saturated heterocycles. The zero-order chi connectivity index (χ0) is 13.8. The lowest BCUT2D eigenvalue weighted by Crippen LogP contribution is -2.43. The zero-order valence-corrected chi connectivity index (χ0v) is 12.7. The maximum Gasteiger partial charge on any atom is 0.223 e. The molecule has 1 amide bonds. The number of carbonyl (C=O) groups excluding carboxylic acids is 1. The number of nitrogens with zero attached hydrogens (tertiary/aromatic N) is 1. The highest BCUT2D eigenvalue weighted by atomic mass is 32.1. The van der Waals surface area contributed by atoms with Crippen molar-refractivity contribution < 1.29 is 4.79 Å². The van der Waals surface area contributed by atoms with Gasteiger partial charge in [-0.15, -0.1) is 0 Å². The van der Waals surface area contributed by atoms with Gasteiger partial charge in [0.25, 0.3) is 0 Å². The molecule has 100 valence electrons. The van der Waals surface area contributed by atoms with Gasteiger partial charge in [-0.25, -0.2) is 0 Å². The first-order valence-corrected chi connectivity index (χ1v) is 6.54. The maximum atomic E-state index is 12.2. The fourth-order valence-electron chi connectivity index (χ4n) is 1.41. The van der Waals surface area contributed by atoms with Gasteiger partial charge in [-0.2, -0.15) is 0 Å². The number of nitrogens with two attached hydrogens (primary N) is 1. The molecule has 1 atom stereocenters. The first-order valence-electron chi connectivity index (χ1n) is 6.13. The van der Waals surface area contributed by atoms with Crippen LogP contribution in [0, 0.1) is 11.3 Å². The van der Waals surface area contributed by atoms with E-state index in [0.717, 1.165) is 0 Å². The molecule has 0 fully saturated rings. The molecule has 17 heavy (non-hydrogen) atoms. The molecule has 0 heterocycles. The van der Waals surface area contributed by atoms with Gasteiger partial charge in [0, 0.05) is 12.5 Å². The predicted molar refractivity (Wildman–Crippen MR) is 76.9 cm³/mol. The van der Waals surface area contributed by atoms with E-state index in [2.05, 4.69) is 27.7 Å². The molecule has 1 unspecified atom stereocenters. The van der Waals surface area contributed by atoms with Crippen molar-refractivity contribution in [2.24, 2.45) is 17.1 Å². The molecule has 0 saturated carbocycles. The highest BCUT2D eigenvalue weighted by Crippen LogP contribution is 2.28. The standard InChI is InChI=1S/C13H26N2OS/c1-9(2)15(8-11(14)17)12(16)7-10(3)13(4,5)6/h9-10H,7-8H2,1-6H3,(H2,14,17). The summed E-state index contributed by atoms with van der Waals surface area (Å²) < 4.78 is 0. The summed E-state index contributed by atoms with van der Waals surface area (Å²) in [6, 6.07) is 0.135. The lowest BCUT2D eigenvalue weighted by atomic mass is 9.80. The number of hydrogen-bond acceptors (Lipinski definition) is 2. The number of hydrogen-bond donors (Lipinski definition) is 1. The lowest BCUT2D eigenvalue weighted by molar-refractivity contribution is -0.133. The van der Waals surface area contributed by atoms with Gasteiger partial charge >= 0.3 is 0 Å². The third-order valence-electron chi connectivity index (χ3n) is 3.23. The van der Waals surface area contributed by atoms with E-state index in [0.29, 0.717) is 23.9 Å². The number of amides is 1. The van der Waals surface area contributed by atoms with Crippen molar-refractivity contribution in [3.8, 4) is 0 Å². The van der Waals surface area contributed by atoms with Crippen molar-refractivity contribution in [1.29, 1.82) is 0 Å². The van der Waals surface area contributed by atoms with Crippen LogP contribution in [0.25, 0.3) is 0 Å². The summed E-state index contributed by atoms with van der Waals surface area (Å²) in [5.41, 5.74) is 5.66. The summed E-state index contributed by atoms with van der Waals surface area (Å²) in [7, 11) is 0. The number of rotatable bonds is 5. The molecular formula is C13H26N2OS. The monoisotopic (exact) mass is 258 g/mol. The average molecular weight is 258 g/mol. The van der Waals surface area contributed by atoms with E-state index in [-0.39, 0.29) is 17.4 Å². The summed E-state index contributed by atoms with van der Waals surface area (Å²) in [5, 5.41) is 0.